The Balaban J connectivity index is 2.77. The fraction of sp³-hybridized carbons (Fsp3) is 0.385. The molecule has 1 aromatic rings. The van der Waals surface area contributed by atoms with E-state index >= 15 is 0 Å². The van der Waals surface area contributed by atoms with Gasteiger partial charge in [-0.3, -0.25) is 0 Å². The van der Waals surface area contributed by atoms with Gasteiger partial charge < -0.3 is 4.74 Å². The van der Waals surface area contributed by atoms with Crippen LogP contribution in [0.5, 0.6) is 0 Å². The predicted molar refractivity (Wildman–Crippen MR) is 61.2 cm³/mol. The molecule has 0 radical (unpaired) electrons. The van der Waals surface area contributed by atoms with E-state index in [1.807, 2.05) is 13.0 Å². The van der Waals surface area contributed by atoms with E-state index in [0.29, 0.717) is 0 Å². The van der Waals surface area contributed by atoms with E-state index in [9.17, 15) is 0 Å². The van der Waals surface area contributed by atoms with Crippen molar-refractivity contribution >= 4 is 5.57 Å². The molecule has 76 valence electrons. The number of hydrogen-bond donors (Lipinski definition) is 0. The van der Waals surface area contributed by atoms with E-state index in [1.165, 1.54) is 16.7 Å². The summed E-state index contributed by atoms with van der Waals surface area (Å²) in [6.07, 6.45) is 0. The Bertz CT molecular complexity index is 298. The average molecular weight is 190 g/mol. The average Bonchev–Trinajstić information content (AvgIpc) is 2.26. The molecule has 0 unspecified atom stereocenters. The zero-order valence-electron chi connectivity index (χ0n) is 9.21. The molecule has 1 rings (SSSR count). The number of rotatable bonds is 4. The van der Waals surface area contributed by atoms with Crippen molar-refractivity contribution in [2.24, 2.45) is 0 Å². The molecular weight excluding hydrogens is 172 g/mol. The quantitative estimate of drug-likeness (QED) is 0.706. The summed E-state index contributed by atoms with van der Waals surface area (Å²) in [6, 6.07) is 10.4. The Hall–Kier alpha value is -1.08. The summed E-state index contributed by atoms with van der Waals surface area (Å²) in [4.78, 5) is 0. The summed E-state index contributed by atoms with van der Waals surface area (Å²) in [5.41, 5.74) is 3.90. The third-order valence-electron chi connectivity index (χ3n) is 2.37. The third kappa shape index (κ3) is 3.00. The molecule has 1 aromatic carbocycles. The summed E-state index contributed by atoms with van der Waals surface area (Å²) in [5.74, 6) is 0. The van der Waals surface area contributed by atoms with Crippen molar-refractivity contribution < 1.29 is 4.74 Å². The van der Waals surface area contributed by atoms with Crippen LogP contribution in [0.4, 0.5) is 0 Å². The third-order valence-corrected chi connectivity index (χ3v) is 2.37. The summed E-state index contributed by atoms with van der Waals surface area (Å²) in [6.45, 7) is 7.80. The van der Waals surface area contributed by atoms with E-state index in [0.717, 1.165) is 13.2 Å². The minimum atomic E-state index is 0.733. The highest BCUT2D eigenvalue weighted by atomic mass is 16.5. The number of ether oxygens (including phenoxy) is 1. The maximum Gasteiger partial charge on any atom is 0.0679 e. The molecule has 0 heterocycles. The second kappa shape index (κ2) is 5.61. The molecule has 0 saturated carbocycles. The van der Waals surface area contributed by atoms with Crippen LogP contribution < -0.4 is 0 Å². The van der Waals surface area contributed by atoms with Crippen LogP contribution in [0.1, 0.15) is 26.3 Å². The van der Waals surface area contributed by atoms with Gasteiger partial charge in [-0.1, -0.05) is 30.3 Å². The number of benzene rings is 1. The van der Waals surface area contributed by atoms with Gasteiger partial charge in [-0.05, 0) is 37.5 Å². The zero-order valence-corrected chi connectivity index (χ0v) is 9.21. The first-order chi connectivity index (χ1) is 6.75. The smallest absolute Gasteiger partial charge is 0.0679 e. The Morgan fingerprint density at radius 1 is 1.14 bits per heavy atom. The molecule has 0 fully saturated rings. The monoisotopic (exact) mass is 190 g/mol. The van der Waals surface area contributed by atoms with Gasteiger partial charge >= 0.3 is 0 Å². The minimum absolute atomic E-state index is 0.733. The molecule has 1 nitrogen and oxygen atoms in total. The van der Waals surface area contributed by atoms with E-state index in [1.54, 1.807) is 0 Å². The summed E-state index contributed by atoms with van der Waals surface area (Å²) >= 11 is 0. The van der Waals surface area contributed by atoms with Gasteiger partial charge in [-0.25, -0.2) is 0 Å². The van der Waals surface area contributed by atoms with Gasteiger partial charge in [0.2, 0.25) is 0 Å². The van der Waals surface area contributed by atoms with Crippen molar-refractivity contribution in [1.82, 2.24) is 0 Å². The first-order valence-electron chi connectivity index (χ1n) is 5.05. The van der Waals surface area contributed by atoms with Crippen LogP contribution in [0.3, 0.4) is 0 Å². The van der Waals surface area contributed by atoms with Gasteiger partial charge in [0, 0.05) is 6.61 Å². The molecule has 0 spiro atoms. The second-order valence-electron chi connectivity index (χ2n) is 3.41. The fourth-order valence-corrected chi connectivity index (χ4v) is 1.30. The van der Waals surface area contributed by atoms with Gasteiger partial charge in [0.1, 0.15) is 0 Å². The molecule has 0 aliphatic heterocycles. The molecule has 0 saturated heterocycles. The Morgan fingerprint density at radius 2 is 1.79 bits per heavy atom. The molecule has 0 bridgehead atoms. The minimum Gasteiger partial charge on any atom is -0.377 e. The van der Waals surface area contributed by atoms with Crippen molar-refractivity contribution in [3.8, 4) is 0 Å². The maximum atomic E-state index is 5.38. The van der Waals surface area contributed by atoms with Crippen LogP contribution in [-0.4, -0.2) is 13.2 Å². The normalized spacial score (nSPS) is 12.5. The summed E-state index contributed by atoms with van der Waals surface area (Å²) in [5, 5.41) is 0. The van der Waals surface area contributed by atoms with Crippen LogP contribution >= 0.6 is 0 Å². The van der Waals surface area contributed by atoms with Crippen LogP contribution in [0.25, 0.3) is 5.57 Å². The number of hydrogen-bond acceptors (Lipinski definition) is 1. The van der Waals surface area contributed by atoms with E-state index < -0.39 is 0 Å². The summed E-state index contributed by atoms with van der Waals surface area (Å²) < 4.78 is 5.38. The molecule has 0 amide bonds. The molecule has 0 N–H and O–H groups in total. The maximum absolute atomic E-state index is 5.38. The van der Waals surface area contributed by atoms with Gasteiger partial charge in [0.15, 0.2) is 0 Å². The molecule has 0 atom stereocenters. The van der Waals surface area contributed by atoms with Crippen molar-refractivity contribution in [3.05, 3.63) is 41.5 Å². The molecule has 14 heavy (non-hydrogen) atoms. The van der Waals surface area contributed by atoms with Gasteiger partial charge in [0.05, 0.1) is 6.61 Å². The Morgan fingerprint density at radius 3 is 2.36 bits per heavy atom. The van der Waals surface area contributed by atoms with Crippen LogP contribution in [0.15, 0.2) is 35.9 Å². The standard InChI is InChI=1S/C13H18O/c1-4-14-10-11(2)12(3)13-8-6-5-7-9-13/h5-9H,4,10H2,1-3H3. The molecular formula is C13H18O. The summed E-state index contributed by atoms with van der Waals surface area (Å²) in [7, 11) is 0. The largest absolute Gasteiger partial charge is 0.377 e. The lowest BCUT2D eigenvalue weighted by molar-refractivity contribution is 0.171. The van der Waals surface area contributed by atoms with Crippen LogP contribution in [-0.2, 0) is 4.74 Å². The lowest BCUT2D eigenvalue weighted by atomic mass is 10.0. The topological polar surface area (TPSA) is 9.23 Å². The van der Waals surface area contributed by atoms with Gasteiger partial charge in [-0.2, -0.15) is 0 Å². The van der Waals surface area contributed by atoms with E-state index in [4.69, 9.17) is 4.74 Å². The Kier molecular flexibility index (Phi) is 4.41. The van der Waals surface area contributed by atoms with Crippen molar-refractivity contribution in [1.29, 1.82) is 0 Å². The van der Waals surface area contributed by atoms with E-state index in [2.05, 4.69) is 38.1 Å². The fourth-order valence-electron chi connectivity index (χ4n) is 1.30. The molecule has 0 aliphatic rings. The van der Waals surface area contributed by atoms with Crippen molar-refractivity contribution in [2.45, 2.75) is 20.8 Å². The van der Waals surface area contributed by atoms with Crippen molar-refractivity contribution in [3.63, 3.8) is 0 Å². The molecule has 0 aromatic heterocycles. The highest BCUT2D eigenvalue weighted by Gasteiger charge is 1.99. The van der Waals surface area contributed by atoms with Crippen LogP contribution in [0, 0.1) is 0 Å². The predicted octanol–water partition coefficient (Wildman–Crippen LogP) is 3.52. The highest BCUT2D eigenvalue weighted by molar-refractivity contribution is 5.66. The Labute approximate surface area is 86.4 Å². The number of allylic oxidation sites excluding steroid dienone is 1. The zero-order chi connectivity index (χ0) is 10.4. The van der Waals surface area contributed by atoms with Crippen molar-refractivity contribution in [2.75, 3.05) is 13.2 Å². The molecule has 0 aliphatic carbocycles. The first kappa shape index (κ1) is 11.0. The lowest BCUT2D eigenvalue weighted by Crippen LogP contribution is -1.97. The van der Waals surface area contributed by atoms with Gasteiger partial charge in [0.25, 0.3) is 0 Å². The second-order valence-corrected chi connectivity index (χ2v) is 3.41. The molecule has 1 heteroatoms. The van der Waals surface area contributed by atoms with E-state index in [-0.39, 0.29) is 0 Å². The first-order valence-corrected chi connectivity index (χ1v) is 5.05. The van der Waals surface area contributed by atoms with Crippen LogP contribution in [0.2, 0.25) is 0 Å². The SMILES string of the molecule is CCOCC(C)=C(C)c1ccccc1. The lowest BCUT2D eigenvalue weighted by Gasteiger charge is -2.07. The van der Waals surface area contributed by atoms with Gasteiger partial charge in [-0.15, -0.1) is 0 Å². The highest BCUT2D eigenvalue weighted by Crippen LogP contribution is 2.17.